The molecule has 0 radical (unpaired) electrons. The highest BCUT2D eigenvalue weighted by atomic mass is 19.1. The Morgan fingerprint density at radius 3 is 3.00 bits per heavy atom. The molecule has 0 spiro atoms. The largest absolute Gasteiger partial charge is 0.492 e. The molecule has 2 rings (SSSR count). The number of benzene rings is 1. The summed E-state index contributed by atoms with van der Waals surface area (Å²) >= 11 is 0. The van der Waals surface area contributed by atoms with Crippen LogP contribution >= 0.6 is 0 Å². The molecule has 2 aromatic rings. The molecule has 17 heavy (non-hydrogen) atoms. The van der Waals surface area contributed by atoms with Gasteiger partial charge >= 0.3 is 5.97 Å². The van der Waals surface area contributed by atoms with E-state index in [1.54, 1.807) is 13.0 Å². The van der Waals surface area contributed by atoms with Crippen molar-refractivity contribution in [2.75, 3.05) is 6.61 Å². The zero-order valence-corrected chi connectivity index (χ0v) is 9.11. The van der Waals surface area contributed by atoms with Gasteiger partial charge in [0.15, 0.2) is 0 Å². The Labute approximate surface area is 96.7 Å². The highest BCUT2D eigenvalue weighted by Crippen LogP contribution is 2.29. The first-order chi connectivity index (χ1) is 8.15. The second-order valence-corrected chi connectivity index (χ2v) is 3.37. The number of hydrogen-bond donors (Lipinski definition) is 1. The van der Waals surface area contributed by atoms with Crippen LogP contribution in [0.2, 0.25) is 0 Å². The first-order valence-electron chi connectivity index (χ1n) is 5.08. The maximum absolute atomic E-state index is 13.9. The summed E-state index contributed by atoms with van der Waals surface area (Å²) in [6.07, 6.45) is 1.50. The minimum Gasteiger partial charge on any atom is -0.492 e. The third-order valence-corrected chi connectivity index (χ3v) is 2.32. The molecule has 0 fully saturated rings. The zero-order valence-electron chi connectivity index (χ0n) is 9.11. The average molecular weight is 235 g/mol. The van der Waals surface area contributed by atoms with Gasteiger partial charge in [-0.25, -0.2) is 9.18 Å². The van der Waals surface area contributed by atoms with Crippen LogP contribution in [0.15, 0.2) is 24.4 Å². The van der Waals surface area contributed by atoms with Gasteiger partial charge < -0.3 is 9.84 Å². The van der Waals surface area contributed by atoms with Gasteiger partial charge in [0.05, 0.1) is 12.2 Å². The number of halogens is 1. The number of aromatic carboxylic acids is 1. The van der Waals surface area contributed by atoms with Gasteiger partial charge in [-0.05, 0) is 25.1 Å². The smallest absolute Gasteiger partial charge is 0.338 e. The minimum absolute atomic E-state index is 0.149. The SMILES string of the molecule is CCOc1cc(C(=O)O)c(F)c2cccnc12. The molecule has 1 aromatic heterocycles. The van der Waals surface area contributed by atoms with Crippen molar-refractivity contribution in [3.05, 3.63) is 35.8 Å². The fourth-order valence-electron chi connectivity index (χ4n) is 1.61. The van der Waals surface area contributed by atoms with E-state index in [0.717, 1.165) is 6.07 Å². The van der Waals surface area contributed by atoms with Gasteiger partial charge in [0.25, 0.3) is 0 Å². The lowest BCUT2D eigenvalue weighted by molar-refractivity contribution is 0.0691. The second kappa shape index (κ2) is 4.37. The number of aromatic nitrogens is 1. The van der Waals surface area contributed by atoms with Crippen molar-refractivity contribution in [2.45, 2.75) is 6.92 Å². The van der Waals surface area contributed by atoms with Gasteiger partial charge in [-0.1, -0.05) is 0 Å². The van der Waals surface area contributed by atoms with Crippen molar-refractivity contribution in [2.24, 2.45) is 0 Å². The van der Waals surface area contributed by atoms with E-state index < -0.39 is 17.3 Å². The third kappa shape index (κ3) is 1.91. The maximum atomic E-state index is 13.9. The average Bonchev–Trinajstić information content (AvgIpc) is 2.33. The molecular weight excluding hydrogens is 225 g/mol. The molecule has 0 bridgehead atoms. The van der Waals surface area contributed by atoms with Crippen molar-refractivity contribution in [3.8, 4) is 5.75 Å². The van der Waals surface area contributed by atoms with Gasteiger partial charge in [-0.3, -0.25) is 4.98 Å². The fourth-order valence-corrected chi connectivity index (χ4v) is 1.61. The topological polar surface area (TPSA) is 59.4 Å². The van der Waals surface area contributed by atoms with Crippen molar-refractivity contribution in [1.29, 1.82) is 0 Å². The van der Waals surface area contributed by atoms with Crippen LogP contribution in [0.3, 0.4) is 0 Å². The number of carbonyl (C=O) groups is 1. The molecule has 4 nitrogen and oxygen atoms in total. The Bertz CT molecular complexity index is 583. The van der Waals surface area contributed by atoms with E-state index in [4.69, 9.17) is 9.84 Å². The molecule has 0 amide bonds. The number of carboxylic acid groups (broad SMARTS) is 1. The van der Waals surface area contributed by atoms with Gasteiger partial charge in [-0.2, -0.15) is 0 Å². The molecule has 1 heterocycles. The number of carboxylic acids is 1. The van der Waals surface area contributed by atoms with E-state index in [0.29, 0.717) is 12.1 Å². The lowest BCUT2D eigenvalue weighted by Gasteiger charge is -2.09. The summed E-state index contributed by atoms with van der Waals surface area (Å²) in [5.41, 5.74) is -0.0780. The summed E-state index contributed by atoms with van der Waals surface area (Å²) in [5.74, 6) is -1.83. The molecule has 0 atom stereocenters. The molecule has 0 aliphatic carbocycles. The zero-order chi connectivity index (χ0) is 12.4. The van der Waals surface area contributed by atoms with Crippen LogP contribution in [0.25, 0.3) is 10.9 Å². The molecule has 0 aliphatic rings. The number of pyridine rings is 1. The van der Waals surface area contributed by atoms with E-state index in [2.05, 4.69) is 4.98 Å². The number of nitrogens with zero attached hydrogens (tertiary/aromatic N) is 1. The minimum atomic E-state index is -1.32. The molecule has 1 N–H and O–H groups in total. The summed E-state index contributed by atoms with van der Waals surface area (Å²) in [4.78, 5) is 14.9. The van der Waals surface area contributed by atoms with Crippen LogP contribution in [0.5, 0.6) is 5.75 Å². The molecule has 0 saturated carbocycles. The quantitative estimate of drug-likeness (QED) is 0.887. The molecule has 5 heteroatoms. The Balaban J connectivity index is 2.79. The van der Waals surface area contributed by atoms with E-state index in [1.807, 2.05) is 0 Å². The van der Waals surface area contributed by atoms with Crippen LogP contribution in [0.4, 0.5) is 4.39 Å². The number of rotatable bonds is 3. The van der Waals surface area contributed by atoms with Crippen molar-refractivity contribution < 1.29 is 19.0 Å². The van der Waals surface area contributed by atoms with Crippen LogP contribution < -0.4 is 4.74 Å². The maximum Gasteiger partial charge on any atom is 0.338 e. The van der Waals surface area contributed by atoms with Gasteiger partial charge in [0.2, 0.25) is 0 Å². The number of hydrogen-bond acceptors (Lipinski definition) is 3. The van der Waals surface area contributed by atoms with Gasteiger partial charge in [0, 0.05) is 11.6 Å². The van der Waals surface area contributed by atoms with E-state index >= 15 is 0 Å². The molecular formula is C12H10FNO3. The Hall–Kier alpha value is -2.17. The summed E-state index contributed by atoms with van der Waals surface area (Å²) in [6.45, 7) is 2.12. The Morgan fingerprint density at radius 1 is 1.59 bits per heavy atom. The predicted molar refractivity (Wildman–Crippen MR) is 59.8 cm³/mol. The van der Waals surface area contributed by atoms with Gasteiger partial charge in [-0.15, -0.1) is 0 Å². The van der Waals surface area contributed by atoms with E-state index in [-0.39, 0.29) is 11.1 Å². The molecule has 0 saturated heterocycles. The fraction of sp³-hybridized carbons (Fsp3) is 0.167. The lowest BCUT2D eigenvalue weighted by atomic mass is 10.1. The summed E-state index contributed by atoms with van der Waals surface area (Å²) < 4.78 is 19.1. The summed E-state index contributed by atoms with van der Waals surface area (Å²) in [7, 11) is 0. The van der Waals surface area contributed by atoms with Crippen LogP contribution in [-0.4, -0.2) is 22.7 Å². The summed E-state index contributed by atoms with van der Waals surface area (Å²) in [5, 5.41) is 9.05. The molecule has 0 aliphatic heterocycles. The van der Waals surface area contributed by atoms with Gasteiger partial charge in [0.1, 0.15) is 17.1 Å². The highest BCUT2D eigenvalue weighted by Gasteiger charge is 2.18. The Morgan fingerprint density at radius 2 is 2.35 bits per heavy atom. The van der Waals surface area contributed by atoms with Crippen LogP contribution in [0, 0.1) is 5.82 Å². The van der Waals surface area contributed by atoms with Crippen LogP contribution in [-0.2, 0) is 0 Å². The van der Waals surface area contributed by atoms with Crippen molar-refractivity contribution in [1.82, 2.24) is 4.98 Å². The highest BCUT2D eigenvalue weighted by molar-refractivity contribution is 5.96. The lowest BCUT2D eigenvalue weighted by Crippen LogP contribution is -2.04. The monoisotopic (exact) mass is 235 g/mol. The predicted octanol–water partition coefficient (Wildman–Crippen LogP) is 2.47. The number of fused-ring (bicyclic) bond motifs is 1. The molecule has 88 valence electrons. The Kier molecular flexibility index (Phi) is 2.91. The van der Waals surface area contributed by atoms with Crippen molar-refractivity contribution in [3.63, 3.8) is 0 Å². The molecule has 0 unspecified atom stereocenters. The van der Waals surface area contributed by atoms with Crippen molar-refractivity contribution >= 4 is 16.9 Å². The number of ether oxygens (including phenoxy) is 1. The van der Waals surface area contributed by atoms with Crippen LogP contribution in [0.1, 0.15) is 17.3 Å². The first-order valence-corrected chi connectivity index (χ1v) is 5.08. The standard InChI is InChI=1S/C12H10FNO3/c1-2-17-9-6-8(12(15)16)10(13)7-4-3-5-14-11(7)9/h3-6H,2H2,1H3,(H,15,16). The van der Waals surface area contributed by atoms with E-state index in [1.165, 1.54) is 12.3 Å². The molecule has 1 aromatic carbocycles. The first kappa shape index (κ1) is 11.3. The second-order valence-electron chi connectivity index (χ2n) is 3.37. The summed E-state index contributed by atoms with van der Waals surface area (Å²) in [6, 6.07) is 4.19. The van der Waals surface area contributed by atoms with E-state index in [9.17, 15) is 9.18 Å². The normalized spacial score (nSPS) is 10.5. The third-order valence-electron chi connectivity index (χ3n) is 2.32.